The molecule has 9 nitrogen and oxygen atoms in total. The van der Waals surface area contributed by atoms with Crippen molar-refractivity contribution in [1.29, 1.82) is 0 Å². The second-order valence-electron chi connectivity index (χ2n) is 9.49. The molecule has 170 valence electrons. The van der Waals surface area contributed by atoms with E-state index in [4.69, 9.17) is 9.40 Å². The van der Waals surface area contributed by atoms with Crippen LogP contribution in [0.5, 0.6) is 0 Å². The van der Waals surface area contributed by atoms with Gasteiger partial charge in [-0.2, -0.15) is 0 Å². The Balaban J connectivity index is 1.41. The zero-order valence-corrected chi connectivity index (χ0v) is 18.8. The van der Waals surface area contributed by atoms with Crippen LogP contribution >= 0.6 is 0 Å². The van der Waals surface area contributed by atoms with Crippen molar-refractivity contribution in [3.63, 3.8) is 0 Å². The van der Waals surface area contributed by atoms with Crippen molar-refractivity contribution in [3.05, 3.63) is 51.1 Å². The van der Waals surface area contributed by atoms with E-state index >= 15 is 0 Å². The summed E-state index contributed by atoms with van der Waals surface area (Å²) in [7, 11) is 0. The van der Waals surface area contributed by atoms with Crippen molar-refractivity contribution in [2.45, 2.75) is 64.6 Å². The molecular weight excluding hydrogens is 410 g/mol. The minimum absolute atomic E-state index is 0.0478. The van der Waals surface area contributed by atoms with Crippen LogP contribution in [-0.4, -0.2) is 57.0 Å². The van der Waals surface area contributed by atoms with E-state index in [2.05, 4.69) is 5.32 Å². The van der Waals surface area contributed by atoms with Crippen molar-refractivity contribution < 1.29 is 14.0 Å². The zero-order valence-electron chi connectivity index (χ0n) is 18.8. The first kappa shape index (κ1) is 20.8. The van der Waals surface area contributed by atoms with Crippen molar-refractivity contribution in [2.24, 2.45) is 0 Å². The van der Waals surface area contributed by atoms with Gasteiger partial charge in [0.25, 0.3) is 11.5 Å². The van der Waals surface area contributed by atoms with Crippen molar-refractivity contribution >= 4 is 11.9 Å². The molecule has 1 fully saturated rings. The van der Waals surface area contributed by atoms with Gasteiger partial charge in [-0.25, -0.2) is 9.78 Å². The zero-order chi connectivity index (χ0) is 22.6. The first-order chi connectivity index (χ1) is 15.3. The monoisotopic (exact) mass is 439 g/mol. The van der Waals surface area contributed by atoms with Gasteiger partial charge in [-0.15, -0.1) is 0 Å². The van der Waals surface area contributed by atoms with Gasteiger partial charge in [0.15, 0.2) is 0 Å². The number of carbonyl (C=O) groups excluding carboxylic acids is 2. The van der Waals surface area contributed by atoms with E-state index in [0.717, 1.165) is 24.4 Å². The molecule has 2 aromatic heterocycles. The summed E-state index contributed by atoms with van der Waals surface area (Å²) in [6, 6.07) is 1.70. The molecule has 5 heterocycles. The van der Waals surface area contributed by atoms with E-state index in [1.165, 1.54) is 6.26 Å². The summed E-state index contributed by atoms with van der Waals surface area (Å²) < 4.78 is 7.05. The molecule has 5 rings (SSSR count). The lowest BCUT2D eigenvalue weighted by atomic mass is 9.85. The third kappa shape index (κ3) is 3.22. The molecule has 0 aromatic carbocycles. The summed E-state index contributed by atoms with van der Waals surface area (Å²) in [6.07, 6.45) is 3.68. The third-order valence-corrected chi connectivity index (χ3v) is 7.03. The molecule has 9 heteroatoms. The maximum atomic E-state index is 13.4. The number of nitrogens with one attached hydrogen (secondary N) is 1. The maximum absolute atomic E-state index is 13.4. The predicted molar refractivity (Wildman–Crippen MR) is 117 cm³/mol. The number of likely N-dealkylation sites (tertiary alicyclic amines) is 1. The number of furan rings is 1. The van der Waals surface area contributed by atoms with Crippen LogP contribution in [0.2, 0.25) is 0 Å². The average Bonchev–Trinajstić information content (AvgIpc) is 3.47. The van der Waals surface area contributed by atoms with Crippen LogP contribution in [0.4, 0.5) is 4.79 Å². The van der Waals surface area contributed by atoms with E-state index in [-0.39, 0.29) is 35.5 Å². The fourth-order valence-electron chi connectivity index (χ4n) is 5.29. The molecule has 0 aliphatic carbocycles. The van der Waals surface area contributed by atoms with Crippen LogP contribution in [0.25, 0.3) is 0 Å². The number of hydrogen-bond acceptors (Lipinski definition) is 5. The van der Waals surface area contributed by atoms with Gasteiger partial charge in [-0.1, -0.05) is 0 Å². The van der Waals surface area contributed by atoms with E-state index in [9.17, 15) is 14.4 Å². The lowest BCUT2D eigenvalue weighted by Crippen LogP contribution is -2.44. The highest BCUT2D eigenvalue weighted by Crippen LogP contribution is 2.41. The van der Waals surface area contributed by atoms with E-state index in [0.29, 0.717) is 49.5 Å². The van der Waals surface area contributed by atoms with E-state index < -0.39 is 0 Å². The average molecular weight is 440 g/mol. The van der Waals surface area contributed by atoms with Gasteiger partial charge in [0.1, 0.15) is 11.6 Å². The number of fused-ring (bicyclic) bond motifs is 3. The van der Waals surface area contributed by atoms with Crippen molar-refractivity contribution in [1.82, 2.24) is 24.7 Å². The highest BCUT2D eigenvalue weighted by Gasteiger charge is 2.48. The maximum Gasteiger partial charge on any atom is 0.317 e. The van der Waals surface area contributed by atoms with Gasteiger partial charge in [-0.3, -0.25) is 14.2 Å². The van der Waals surface area contributed by atoms with Gasteiger partial charge >= 0.3 is 6.03 Å². The molecule has 2 aromatic rings. The molecule has 0 saturated carbocycles. The minimum atomic E-state index is -0.261. The third-order valence-electron chi connectivity index (χ3n) is 7.03. The van der Waals surface area contributed by atoms with Crippen molar-refractivity contribution in [2.75, 3.05) is 19.6 Å². The second-order valence-corrected chi connectivity index (χ2v) is 9.49. The summed E-state index contributed by atoms with van der Waals surface area (Å²) in [5.41, 5.74) is 1.63. The Morgan fingerprint density at radius 2 is 1.97 bits per heavy atom. The number of rotatable bonds is 2. The first-order valence-corrected chi connectivity index (χ1v) is 11.3. The second kappa shape index (κ2) is 7.50. The van der Waals surface area contributed by atoms with Crippen molar-refractivity contribution in [3.8, 4) is 0 Å². The SMILES string of the molecule is Cc1occc1C(=O)N1CCc2nc3n(c(=O)c2C1)CCC31CCN(C(=O)NC(C)C)C1. The lowest BCUT2D eigenvalue weighted by Gasteiger charge is -2.30. The summed E-state index contributed by atoms with van der Waals surface area (Å²) >= 11 is 0. The Labute approximate surface area is 186 Å². The number of nitrogens with zero attached hydrogens (tertiary/aromatic N) is 4. The summed E-state index contributed by atoms with van der Waals surface area (Å²) in [5.74, 6) is 1.27. The van der Waals surface area contributed by atoms with E-state index in [1.54, 1.807) is 22.5 Å². The fourth-order valence-corrected chi connectivity index (χ4v) is 5.29. The quantitative estimate of drug-likeness (QED) is 0.769. The van der Waals surface area contributed by atoms with Gasteiger partial charge in [0, 0.05) is 44.1 Å². The summed E-state index contributed by atoms with van der Waals surface area (Å²) in [6.45, 7) is 8.29. The van der Waals surface area contributed by atoms with Gasteiger partial charge in [0.05, 0.1) is 29.6 Å². The fraction of sp³-hybridized carbons (Fsp3) is 0.565. The molecule has 0 radical (unpaired) electrons. The molecule has 3 aliphatic heterocycles. The summed E-state index contributed by atoms with van der Waals surface area (Å²) in [5, 5.41) is 2.96. The van der Waals surface area contributed by atoms with E-state index in [1.807, 2.05) is 18.7 Å². The predicted octanol–water partition coefficient (Wildman–Crippen LogP) is 1.81. The van der Waals surface area contributed by atoms with Gasteiger partial charge < -0.3 is 19.5 Å². The number of urea groups is 1. The largest absolute Gasteiger partial charge is 0.469 e. The van der Waals surface area contributed by atoms with Gasteiger partial charge in [-0.05, 0) is 39.7 Å². The Bertz CT molecular complexity index is 1150. The Morgan fingerprint density at radius 1 is 1.19 bits per heavy atom. The normalized spacial score (nSPS) is 21.9. The molecule has 1 saturated heterocycles. The van der Waals surface area contributed by atoms with Gasteiger partial charge in [0.2, 0.25) is 0 Å². The topological polar surface area (TPSA) is 101 Å². The van der Waals surface area contributed by atoms with Crippen LogP contribution in [0.1, 0.15) is 59.9 Å². The summed E-state index contributed by atoms with van der Waals surface area (Å²) in [4.78, 5) is 47.3. The molecule has 0 bridgehead atoms. The Hall–Kier alpha value is -3.10. The molecule has 1 N–H and O–H groups in total. The standard InChI is InChI=1S/C23H29N5O4/c1-14(2)24-22(31)27-9-6-23(13-27)7-10-28-20(30)17-12-26(8-4-18(17)25-21(23)28)19(29)16-5-11-32-15(16)3/h5,11,14H,4,6-10,12-13H2,1-3H3,(H,24,31). The molecule has 1 spiro atoms. The van der Waals surface area contributed by atoms with Crippen LogP contribution in [-0.2, 0) is 24.9 Å². The van der Waals surface area contributed by atoms with Crippen LogP contribution < -0.4 is 10.9 Å². The van der Waals surface area contributed by atoms with Crippen LogP contribution in [0.15, 0.2) is 21.5 Å². The number of carbonyl (C=O) groups is 2. The minimum Gasteiger partial charge on any atom is -0.469 e. The number of amides is 3. The Kier molecular flexibility index (Phi) is 4.87. The molecule has 32 heavy (non-hydrogen) atoms. The highest BCUT2D eigenvalue weighted by atomic mass is 16.3. The molecule has 1 unspecified atom stereocenters. The highest BCUT2D eigenvalue weighted by molar-refractivity contribution is 5.95. The molecule has 3 amide bonds. The molecule has 3 aliphatic rings. The first-order valence-electron chi connectivity index (χ1n) is 11.3. The lowest BCUT2D eigenvalue weighted by molar-refractivity contribution is 0.0730. The Morgan fingerprint density at radius 3 is 2.69 bits per heavy atom. The molecular formula is C23H29N5O4. The smallest absolute Gasteiger partial charge is 0.317 e. The number of aryl methyl sites for hydroxylation is 1. The van der Waals surface area contributed by atoms with Crippen LogP contribution in [0.3, 0.4) is 0 Å². The molecule has 1 atom stereocenters. The van der Waals surface area contributed by atoms with Crippen LogP contribution in [0, 0.1) is 6.92 Å². The number of aromatic nitrogens is 2. The number of hydrogen-bond donors (Lipinski definition) is 1.